The summed E-state index contributed by atoms with van der Waals surface area (Å²) < 4.78 is 42.2. The van der Waals surface area contributed by atoms with Crippen LogP contribution < -0.4 is 15.1 Å². The lowest BCUT2D eigenvalue weighted by Crippen LogP contribution is -2.53. The Kier molecular flexibility index (Phi) is 8.25. The van der Waals surface area contributed by atoms with Crippen LogP contribution in [0.5, 0.6) is 0 Å². The maximum absolute atomic E-state index is 14.5. The first-order valence-corrected chi connectivity index (χ1v) is 13.6. The number of nitrogens with zero attached hydrogens (tertiary/aromatic N) is 4. The van der Waals surface area contributed by atoms with Crippen LogP contribution in [-0.4, -0.2) is 45.7 Å². The van der Waals surface area contributed by atoms with Gasteiger partial charge in [0.2, 0.25) is 23.7 Å². The van der Waals surface area contributed by atoms with E-state index < -0.39 is 41.7 Å². The fraction of sp³-hybridized carbons (Fsp3) is 0.345. The first-order valence-electron chi connectivity index (χ1n) is 13.2. The van der Waals surface area contributed by atoms with Crippen molar-refractivity contribution in [2.24, 2.45) is 0 Å². The summed E-state index contributed by atoms with van der Waals surface area (Å²) >= 11 is 6.54. The van der Waals surface area contributed by atoms with Gasteiger partial charge in [0.05, 0.1) is 0 Å². The minimum absolute atomic E-state index is 0.0226. The second kappa shape index (κ2) is 11.9. The molecule has 1 unspecified atom stereocenters. The molecule has 214 valence electrons. The molecule has 0 spiro atoms. The van der Waals surface area contributed by atoms with Crippen molar-refractivity contribution in [2.75, 3.05) is 9.80 Å². The average Bonchev–Trinajstić information content (AvgIpc) is 3.34. The summed E-state index contributed by atoms with van der Waals surface area (Å²) in [5, 5.41) is 2.99. The summed E-state index contributed by atoms with van der Waals surface area (Å²) in [4.78, 5) is 51.9. The summed E-state index contributed by atoms with van der Waals surface area (Å²) in [6.45, 7) is 0. The van der Waals surface area contributed by atoms with E-state index in [1.807, 2.05) is 0 Å². The van der Waals surface area contributed by atoms with Gasteiger partial charge in [0.15, 0.2) is 0 Å². The van der Waals surface area contributed by atoms with Gasteiger partial charge in [-0.1, -0.05) is 35.9 Å². The zero-order chi connectivity index (χ0) is 29.1. The van der Waals surface area contributed by atoms with Gasteiger partial charge < -0.3 is 5.32 Å². The van der Waals surface area contributed by atoms with Crippen molar-refractivity contribution in [3.63, 3.8) is 0 Å². The fourth-order valence-corrected chi connectivity index (χ4v) is 5.57. The van der Waals surface area contributed by atoms with Crippen LogP contribution in [0, 0.1) is 5.82 Å². The van der Waals surface area contributed by atoms with Crippen molar-refractivity contribution >= 4 is 41.0 Å². The molecule has 1 saturated heterocycles. The van der Waals surface area contributed by atoms with Crippen molar-refractivity contribution in [1.82, 2.24) is 15.3 Å². The summed E-state index contributed by atoms with van der Waals surface area (Å²) in [7, 11) is 0. The lowest BCUT2D eigenvalue weighted by Gasteiger charge is -2.36. The molecule has 2 aromatic carbocycles. The van der Waals surface area contributed by atoms with Crippen LogP contribution in [0.1, 0.15) is 50.1 Å². The van der Waals surface area contributed by atoms with Crippen LogP contribution in [-0.2, 0) is 14.4 Å². The van der Waals surface area contributed by atoms with Crippen molar-refractivity contribution in [2.45, 2.75) is 62.6 Å². The van der Waals surface area contributed by atoms with Gasteiger partial charge in [-0.25, -0.2) is 23.1 Å². The number of benzene rings is 2. The van der Waals surface area contributed by atoms with Crippen LogP contribution in [0.2, 0.25) is 5.02 Å². The van der Waals surface area contributed by atoms with E-state index in [4.69, 9.17) is 11.6 Å². The standard InChI is InChI=1S/C29H27ClF3N5O3/c30-22-8-2-1-7-21(22)25(26(40)36-19-11-13-29(32,33)14-12-19)37(20-6-3-5-18(31)17-20)27(41)23-9-10-24(39)38(23)28-34-15-4-16-35-28/h1-8,15-17,19,23,25H,9-14H2,(H,36,40)/t23?,25-/m1/s1. The molecule has 2 aliphatic rings. The summed E-state index contributed by atoms with van der Waals surface area (Å²) in [5.74, 6) is -5.16. The van der Waals surface area contributed by atoms with Gasteiger partial charge in [-0.3, -0.25) is 24.2 Å². The Morgan fingerprint density at radius 3 is 2.41 bits per heavy atom. The first-order chi connectivity index (χ1) is 19.6. The third-order valence-electron chi connectivity index (χ3n) is 7.36. The van der Waals surface area contributed by atoms with Gasteiger partial charge in [0.1, 0.15) is 17.9 Å². The monoisotopic (exact) mass is 585 g/mol. The quantitative estimate of drug-likeness (QED) is 0.410. The smallest absolute Gasteiger partial charge is 0.251 e. The second-order valence-corrected chi connectivity index (χ2v) is 10.5. The Morgan fingerprint density at radius 2 is 1.73 bits per heavy atom. The summed E-state index contributed by atoms with van der Waals surface area (Å²) in [6, 6.07) is 10.1. The molecule has 0 bridgehead atoms. The number of carbonyl (C=O) groups is 3. The van der Waals surface area contributed by atoms with Gasteiger partial charge in [0.25, 0.3) is 5.91 Å². The van der Waals surface area contributed by atoms with Crippen molar-refractivity contribution in [3.8, 4) is 0 Å². The third-order valence-corrected chi connectivity index (χ3v) is 7.70. The zero-order valence-corrected chi connectivity index (χ0v) is 22.6. The molecular weight excluding hydrogens is 559 g/mol. The molecule has 5 rings (SSSR count). The number of amides is 3. The minimum Gasteiger partial charge on any atom is -0.351 e. The average molecular weight is 586 g/mol. The number of aromatic nitrogens is 2. The van der Waals surface area contributed by atoms with E-state index in [0.717, 1.165) is 11.0 Å². The molecule has 0 radical (unpaired) electrons. The highest BCUT2D eigenvalue weighted by Gasteiger charge is 2.45. The topological polar surface area (TPSA) is 95.5 Å². The lowest BCUT2D eigenvalue weighted by molar-refractivity contribution is -0.128. The number of nitrogens with one attached hydrogen (secondary N) is 1. The Balaban J connectivity index is 1.58. The number of alkyl halides is 2. The molecule has 3 amide bonds. The molecule has 2 heterocycles. The van der Waals surface area contributed by atoms with Crippen LogP contribution in [0.3, 0.4) is 0 Å². The highest BCUT2D eigenvalue weighted by Crippen LogP contribution is 2.37. The van der Waals surface area contributed by atoms with Crippen molar-refractivity contribution < 1.29 is 27.6 Å². The molecular formula is C29H27ClF3N5O3. The van der Waals surface area contributed by atoms with Crippen LogP contribution in [0.25, 0.3) is 0 Å². The molecule has 3 aromatic rings. The Labute approximate surface area is 239 Å². The highest BCUT2D eigenvalue weighted by atomic mass is 35.5. The van der Waals surface area contributed by atoms with Gasteiger partial charge in [0, 0.05) is 54.0 Å². The predicted octanol–water partition coefficient (Wildman–Crippen LogP) is 5.23. The first kappa shape index (κ1) is 28.5. The van der Waals surface area contributed by atoms with E-state index in [1.165, 1.54) is 35.5 Å². The van der Waals surface area contributed by atoms with Gasteiger partial charge in [-0.05, 0) is 49.6 Å². The number of rotatable bonds is 7. The molecule has 2 atom stereocenters. The molecule has 1 N–H and O–H groups in total. The van der Waals surface area contributed by atoms with Crippen LogP contribution in [0.15, 0.2) is 67.0 Å². The highest BCUT2D eigenvalue weighted by molar-refractivity contribution is 6.31. The largest absolute Gasteiger partial charge is 0.351 e. The van der Waals surface area contributed by atoms with E-state index in [1.54, 1.807) is 30.3 Å². The fourth-order valence-electron chi connectivity index (χ4n) is 5.33. The van der Waals surface area contributed by atoms with E-state index in [2.05, 4.69) is 15.3 Å². The molecule has 1 aliphatic carbocycles. The molecule has 2 fully saturated rings. The number of carbonyl (C=O) groups excluding carboxylic acids is 3. The molecule has 1 saturated carbocycles. The zero-order valence-electron chi connectivity index (χ0n) is 21.9. The van der Waals surface area contributed by atoms with E-state index >= 15 is 0 Å². The van der Waals surface area contributed by atoms with E-state index in [-0.39, 0.29) is 66.7 Å². The van der Waals surface area contributed by atoms with Crippen molar-refractivity contribution in [1.29, 1.82) is 0 Å². The van der Waals surface area contributed by atoms with E-state index in [9.17, 15) is 27.6 Å². The maximum Gasteiger partial charge on any atom is 0.251 e. The predicted molar refractivity (Wildman–Crippen MR) is 146 cm³/mol. The van der Waals surface area contributed by atoms with Crippen LogP contribution in [0.4, 0.5) is 24.8 Å². The van der Waals surface area contributed by atoms with Gasteiger partial charge in [-0.2, -0.15) is 0 Å². The number of halogens is 4. The molecule has 1 aliphatic heterocycles. The van der Waals surface area contributed by atoms with Gasteiger partial charge in [-0.15, -0.1) is 0 Å². The molecule has 1 aromatic heterocycles. The van der Waals surface area contributed by atoms with E-state index in [0.29, 0.717) is 0 Å². The Hall–Kier alpha value is -3.99. The normalized spacial score (nSPS) is 19.6. The second-order valence-electron chi connectivity index (χ2n) is 10.1. The SMILES string of the molecule is O=C(NC1CCC(F)(F)CC1)[C@@H](c1ccccc1Cl)N(C(=O)C1CCC(=O)N1c1ncccn1)c1cccc(F)c1. The third kappa shape index (κ3) is 6.19. The van der Waals surface area contributed by atoms with Gasteiger partial charge >= 0.3 is 0 Å². The molecule has 12 heteroatoms. The minimum atomic E-state index is -2.80. The molecule has 8 nitrogen and oxygen atoms in total. The number of hydrogen-bond acceptors (Lipinski definition) is 5. The number of anilines is 2. The molecule has 41 heavy (non-hydrogen) atoms. The summed E-state index contributed by atoms with van der Waals surface area (Å²) in [5.41, 5.74) is 0.302. The summed E-state index contributed by atoms with van der Waals surface area (Å²) in [6.07, 6.45) is 2.37. The Bertz CT molecular complexity index is 1430. The maximum atomic E-state index is 14.5. The Morgan fingerprint density at radius 1 is 1.02 bits per heavy atom. The lowest BCUT2D eigenvalue weighted by atomic mass is 9.91. The number of hydrogen-bond donors (Lipinski definition) is 1. The van der Waals surface area contributed by atoms with Crippen LogP contribution >= 0.6 is 11.6 Å². The van der Waals surface area contributed by atoms with Crippen molar-refractivity contribution in [3.05, 3.63) is 83.4 Å².